The fourth-order valence-electron chi connectivity index (χ4n) is 2.28. The van der Waals surface area contributed by atoms with Crippen molar-refractivity contribution in [1.82, 2.24) is 0 Å². The molecule has 106 valence electrons. The fourth-order valence-corrected chi connectivity index (χ4v) is 3.14. The van der Waals surface area contributed by atoms with Crippen LogP contribution in [-0.2, 0) is 0 Å². The van der Waals surface area contributed by atoms with Crippen molar-refractivity contribution in [1.29, 1.82) is 0 Å². The van der Waals surface area contributed by atoms with Crippen molar-refractivity contribution in [2.45, 2.75) is 19.4 Å². The Balaban J connectivity index is 1.86. The lowest BCUT2D eigenvalue weighted by Gasteiger charge is -2.23. The molecule has 0 radical (unpaired) electrons. The first-order valence-corrected chi connectivity index (χ1v) is 7.65. The number of benzene rings is 1. The van der Waals surface area contributed by atoms with Gasteiger partial charge in [0.05, 0.1) is 17.4 Å². The SMILES string of the molecule is CCC(Nc1cc2c(cc1N)OCCO2)c1cccs1. The summed E-state index contributed by atoms with van der Waals surface area (Å²) in [6, 6.07) is 8.23. The Hall–Kier alpha value is -1.88. The first-order chi connectivity index (χ1) is 9.78. The van der Waals surface area contributed by atoms with Crippen molar-refractivity contribution in [2.24, 2.45) is 0 Å². The summed E-state index contributed by atoms with van der Waals surface area (Å²) in [6.45, 7) is 3.32. The highest BCUT2D eigenvalue weighted by molar-refractivity contribution is 7.10. The molecule has 0 spiro atoms. The highest BCUT2D eigenvalue weighted by Gasteiger charge is 2.17. The summed E-state index contributed by atoms with van der Waals surface area (Å²) in [5, 5.41) is 5.59. The Labute approximate surface area is 122 Å². The van der Waals surface area contributed by atoms with E-state index in [2.05, 4.69) is 29.8 Å². The van der Waals surface area contributed by atoms with Crippen LogP contribution in [0.1, 0.15) is 24.3 Å². The lowest BCUT2D eigenvalue weighted by Crippen LogP contribution is -2.16. The van der Waals surface area contributed by atoms with E-state index in [1.54, 1.807) is 11.3 Å². The molecule has 0 amide bonds. The van der Waals surface area contributed by atoms with Gasteiger partial charge in [-0.25, -0.2) is 0 Å². The molecule has 2 aromatic rings. The molecule has 2 heterocycles. The van der Waals surface area contributed by atoms with Crippen molar-refractivity contribution in [3.8, 4) is 11.5 Å². The van der Waals surface area contributed by atoms with Crippen molar-refractivity contribution < 1.29 is 9.47 Å². The van der Waals surface area contributed by atoms with E-state index in [-0.39, 0.29) is 6.04 Å². The second kappa shape index (κ2) is 5.63. The van der Waals surface area contributed by atoms with Crippen LogP contribution in [0.4, 0.5) is 11.4 Å². The standard InChI is InChI=1S/C15H18N2O2S/c1-2-11(15-4-3-7-20-15)17-12-9-14-13(8-10(12)16)18-5-6-19-14/h3-4,7-9,11,17H,2,5-6,16H2,1H3. The van der Waals surface area contributed by atoms with Crippen LogP contribution in [0.15, 0.2) is 29.6 Å². The van der Waals surface area contributed by atoms with Crippen LogP contribution in [0, 0.1) is 0 Å². The van der Waals surface area contributed by atoms with E-state index in [1.807, 2.05) is 12.1 Å². The van der Waals surface area contributed by atoms with Gasteiger partial charge in [-0.15, -0.1) is 11.3 Å². The van der Waals surface area contributed by atoms with Crippen LogP contribution < -0.4 is 20.5 Å². The Bertz CT molecular complexity index is 584. The van der Waals surface area contributed by atoms with E-state index in [4.69, 9.17) is 15.2 Å². The van der Waals surface area contributed by atoms with Crippen LogP contribution in [0.5, 0.6) is 11.5 Å². The van der Waals surface area contributed by atoms with Gasteiger partial charge in [-0.2, -0.15) is 0 Å². The largest absolute Gasteiger partial charge is 0.486 e. The predicted molar refractivity (Wildman–Crippen MR) is 82.8 cm³/mol. The maximum absolute atomic E-state index is 6.11. The molecule has 20 heavy (non-hydrogen) atoms. The first kappa shape index (κ1) is 13.1. The zero-order valence-electron chi connectivity index (χ0n) is 11.4. The zero-order chi connectivity index (χ0) is 13.9. The quantitative estimate of drug-likeness (QED) is 0.844. The summed E-state index contributed by atoms with van der Waals surface area (Å²) < 4.78 is 11.1. The third kappa shape index (κ3) is 2.54. The van der Waals surface area contributed by atoms with Crippen LogP contribution in [0.2, 0.25) is 0 Å². The Kier molecular flexibility index (Phi) is 3.69. The molecular formula is C15H18N2O2S. The molecule has 0 saturated carbocycles. The topological polar surface area (TPSA) is 56.5 Å². The normalized spacial score (nSPS) is 14.8. The number of anilines is 2. The average Bonchev–Trinajstić information content (AvgIpc) is 2.99. The molecule has 1 unspecified atom stereocenters. The smallest absolute Gasteiger partial charge is 0.163 e. The lowest BCUT2D eigenvalue weighted by molar-refractivity contribution is 0.172. The molecule has 0 bridgehead atoms. The summed E-state index contributed by atoms with van der Waals surface area (Å²) in [6.07, 6.45) is 0.994. The maximum atomic E-state index is 6.11. The van der Waals surface area contributed by atoms with Crippen molar-refractivity contribution in [2.75, 3.05) is 24.3 Å². The molecule has 0 saturated heterocycles. The van der Waals surface area contributed by atoms with E-state index >= 15 is 0 Å². The number of hydrogen-bond donors (Lipinski definition) is 2. The fraction of sp³-hybridized carbons (Fsp3) is 0.333. The molecule has 4 nitrogen and oxygen atoms in total. The molecule has 1 aliphatic rings. The number of hydrogen-bond acceptors (Lipinski definition) is 5. The third-order valence-electron chi connectivity index (χ3n) is 3.34. The maximum Gasteiger partial charge on any atom is 0.163 e. The summed E-state index contributed by atoms with van der Waals surface area (Å²) in [7, 11) is 0. The lowest BCUT2D eigenvalue weighted by atomic mass is 10.1. The molecule has 0 fully saturated rings. The van der Waals surface area contributed by atoms with Gasteiger partial charge in [0.1, 0.15) is 13.2 Å². The molecule has 0 aliphatic carbocycles. The highest BCUT2D eigenvalue weighted by Crippen LogP contribution is 2.38. The molecule has 5 heteroatoms. The summed E-state index contributed by atoms with van der Waals surface area (Å²) in [5.74, 6) is 1.48. The molecule has 3 N–H and O–H groups in total. The van der Waals surface area contributed by atoms with E-state index < -0.39 is 0 Å². The van der Waals surface area contributed by atoms with Crippen molar-refractivity contribution in [3.63, 3.8) is 0 Å². The van der Waals surface area contributed by atoms with E-state index in [0.29, 0.717) is 18.9 Å². The third-order valence-corrected chi connectivity index (χ3v) is 4.32. The van der Waals surface area contributed by atoms with Crippen molar-refractivity contribution >= 4 is 22.7 Å². The van der Waals surface area contributed by atoms with Crippen LogP contribution in [0.25, 0.3) is 0 Å². The van der Waals surface area contributed by atoms with Gasteiger partial charge < -0.3 is 20.5 Å². The minimum atomic E-state index is 0.264. The minimum Gasteiger partial charge on any atom is -0.486 e. The van der Waals surface area contributed by atoms with E-state index in [1.165, 1.54) is 4.88 Å². The molecule has 3 rings (SSSR count). The Morgan fingerprint density at radius 1 is 1.30 bits per heavy atom. The van der Waals surface area contributed by atoms with Crippen LogP contribution in [0.3, 0.4) is 0 Å². The van der Waals surface area contributed by atoms with Gasteiger partial charge in [0.2, 0.25) is 0 Å². The van der Waals surface area contributed by atoms with Gasteiger partial charge in [0.25, 0.3) is 0 Å². The molecule has 1 aromatic carbocycles. The molecular weight excluding hydrogens is 272 g/mol. The molecule has 1 aromatic heterocycles. The number of rotatable bonds is 4. The van der Waals surface area contributed by atoms with Crippen LogP contribution >= 0.6 is 11.3 Å². The number of thiophene rings is 1. The predicted octanol–water partition coefficient (Wildman–Crippen LogP) is 3.66. The average molecular weight is 290 g/mol. The Morgan fingerprint density at radius 2 is 2.05 bits per heavy atom. The Morgan fingerprint density at radius 3 is 2.70 bits per heavy atom. The number of nitrogens with two attached hydrogens (primary N) is 1. The van der Waals surface area contributed by atoms with E-state index in [9.17, 15) is 0 Å². The zero-order valence-corrected chi connectivity index (χ0v) is 12.2. The summed E-state index contributed by atoms with van der Waals surface area (Å²) in [5.41, 5.74) is 7.69. The van der Waals surface area contributed by atoms with E-state index in [0.717, 1.165) is 23.6 Å². The monoisotopic (exact) mass is 290 g/mol. The second-order valence-corrected chi connectivity index (χ2v) is 5.68. The summed E-state index contributed by atoms with van der Waals surface area (Å²) in [4.78, 5) is 1.31. The number of fused-ring (bicyclic) bond motifs is 1. The number of ether oxygens (including phenoxy) is 2. The molecule has 1 aliphatic heterocycles. The van der Waals surface area contributed by atoms with Gasteiger partial charge in [0, 0.05) is 17.0 Å². The van der Waals surface area contributed by atoms with Gasteiger partial charge in [0.15, 0.2) is 11.5 Å². The number of nitrogens with one attached hydrogen (secondary N) is 1. The summed E-state index contributed by atoms with van der Waals surface area (Å²) >= 11 is 1.75. The number of nitrogen functional groups attached to an aromatic ring is 1. The first-order valence-electron chi connectivity index (χ1n) is 6.77. The van der Waals surface area contributed by atoms with Gasteiger partial charge >= 0.3 is 0 Å². The second-order valence-electron chi connectivity index (χ2n) is 4.70. The molecule has 1 atom stereocenters. The van der Waals surface area contributed by atoms with Gasteiger partial charge in [-0.3, -0.25) is 0 Å². The highest BCUT2D eigenvalue weighted by atomic mass is 32.1. The minimum absolute atomic E-state index is 0.264. The van der Waals surface area contributed by atoms with Gasteiger partial charge in [-0.1, -0.05) is 13.0 Å². The van der Waals surface area contributed by atoms with Crippen molar-refractivity contribution in [3.05, 3.63) is 34.5 Å². The van der Waals surface area contributed by atoms with Gasteiger partial charge in [-0.05, 0) is 17.9 Å². The van der Waals surface area contributed by atoms with Crippen LogP contribution in [-0.4, -0.2) is 13.2 Å².